The molecule has 0 bridgehead atoms. The van der Waals surface area contributed by atoms with Gasteiger partial charge in [0.15, 0.2) is 0 Å². The summed E-state index contributed by atoms with van der Waals surface area (Å²) in [6, 6.07) is 11.3. The maximum atomic E-state index is 12.7. The van der Waals surface area contributed by atoms with Crippen molar-refractivity contribution < 1.29 is 9.53 Å². The Morgan fingerprint density at radius 2 is 1.77 bits per heavy atom. The van der Waals surface area contributed by atoms with Crippen molar-refractivity contribution in [2.75, 3.05) is 7.11 Å². The Morgan fingerprint density at radius 3 is 2.35 bits per heavy atom. The molecule has 1 aromatic carbocycles. The predicted octanol–water partition coefficient (Wildman–Crippen LogP) is 3.61. The molecule has 6 heteroatoms. The van der Waals surface area contributed by atoms with Gasteiger partial charge in [-0.25, -0.2) is 4.98 Å². The van der Waals surface area contributed by atoms with E-state index in [1.165, 1.54) is 0 Å². The van der Waals surface area contributed by atoms with Crippen LogP contribution >= 0.6 is 11.3 Å². The Kier molecular flexibility index (Phi) is 5.63. The van der Waals surface area contributed by atoms with Gasteiger partial charge in [-0.2, -0.15) is 0 Å². The summed E-state index contributed by atoms with van der Waals surface area (Å²) in [6.07, 6.45) is 3.79. The molecular weight excluding hydrogens is 346 g/mol. The number of methoxy groups -OCH3 is 1. The summed E-state index contributed by atoms with van der Waals surface area (Å²) in [5.41, 5.74) is 2.89. The number of nitrogens with zero attached hydrogens (tertiary/aromatic N) is 2. The summed E-state index contributed by atoms with van der Waals surface area (Å²) in [7, 11) is 1.64. The topological polar surface area (TPSA) is 64.1 Å². The fraction of sp³-hybridized carbons (Fsp3) is 0.250. The van der Waals surface area contributed by atoms with Gasteiger partial charge in [-0.3, -0.25) is 9.78 Å². The van der Waals surface area contributed by atoms with Crippen LogP contribution in [0.2, 0.25) is 0 Å². The molecule has 0 radical (unpaired) electrons. The molecule has 1 amide bonds. The van der Waals surface area contributed by atoms with Crippen molar-refractivity contribution in [1.82, 2.24) is 15.3 Å². The number of aromatic nitrogens is 2. The highest BCUT2D eigenvalue weighted by Gasteiger charge is 2.18. The second-order valence-electron chi connectivity index (χ2n) is 5.97. The molecule has 2 heterocycles. The first kappa shape index (κ1) is 18.1. The van der Waals surface area contributed by atoms with Gasteiger partial charge in [0.25, 0.3) is 0 Å². The van der Waals surface area contributed by atoms with E-state index in [9.17, 15) is 4.79 Å². The largest absolute Gasteiger partial charge is 0.497 e. The third-order valence-electron chi connectivity index (χ3n) is 4.11. The summed E-state index contributed by atoms with van der Waals surface area (Å²) in [5.74, 6) is 0.749. The molecule has 1 unspecified atom stereocenters. The fourth-order valence-electron chi connectivity index (χ4n) is 2.81. The third-order valence-corrected chi connectivity index (χ3v) is 5.19. The predicted molar refractivity (Wildman–Crippen MR) is 103 cm³/mol. The summed E-state index contributed by atoms with van der Waals surface area (Å²) in [6.45, 7) is 3.89. The lowest BCUT2D eigenvalue weighted by Crippen LogP contribution is -2.30. The highest BCUT2D eigenvalue weighted by atomic mass is 32.1. The van der Waals surface area contributed by atoms with Crippen molar-refractivity contribution in [2.45, 2.75) is 26.3 Å². The normalized spacial score (nSPS) is 11.8. The molecule has 2 aromatic heterocycles. The maximum absolute atomic E-state index is 12.7. The van der Waals surface area contributed by atoms with Crippen LogP contribution < -0.4 is 10.1 Å². The minimum absolute atomic E-state index is 0.0330. The van der Waals surface area contributed by atoms with Crippen LogP contribution in [-0.4, -0.2) is 23.0 Å². The van der Waals surface area contributed by atoms with E-state index >= 15 is 0 Å². The van der Waals surface area contributed by atoms with Crippen LogP contribution in [0.3, 0.4) is 0 Å². The number of amides is 1. The molecule has 0 spiro atoms. The zero-order chi connectivity index (χ0) is 18.5. The molecule has 0 aliphatic rings. The van der Waals surface area contributed by atoms with Crippen molar-refractivity contribution >= 4 is 17.2 Å². The molecule has 3 rings (SSSR count). The summed E-state index contributed by atoms with van der Waals surface area (Å²) in [4.78, 5) is 22.2. The number of rotatable bonds is 6. The minimum Gasteiger partial charge on any atom is -0.497 e. The van der Waals surface area contributed by atoms with Crippen molar-refractivity contribution in [2.24, 2.45) is 0 Å². The van der Waals surface area contributed by atoms with Gasteiger partial charge in [-0.15, -0.1) is 11.3 Å². The molecule has 134 valence electrons. The minimum atomic E-state index is -0.245. The number of ether oxygens (including phenoxy) is 1. The van der Waals surface area contributed by atoms with Crippen LogP contribution in [0.5, 0.6) is 5.75 Å². The van der Waals surface area contributed by atoms with Crippen LogP contribution in [0.25, 0.3) is 0 Å². The van der Waals surface area contributed by atoms with E-state index in [4.69, 9.17) is 4.74 Å². The number of hydrogen-bond donors (Lipinski definition) is 1. The lowest BCUT2D eigenvalue weighted by molar-refractivity contribution is -0.120. The molecule has 1 N–H and O–H groups in total. The van der Waals surface area contributed by atoms with Gasteiger partial charge in [0.1, 0.15) is 5.75 Å². The van der Waals surface area contributed by atoms with E-state index in [1.54, 1.807) is 30.8 Å². The highest BCUT2D eigenvalue weighted by Crippen LogP contribution is 2.25. The van der Waals surface area contributed by atoms with Gasteiger partial charge in [0.05, 0.1) is 30.3 Å². The number of pyridine rings is 1. The Morgan fingerprint density at radius 1 is 1.12 bits per heavy atom. The van der Waals surface area contributed by atoms with Crippen molar-refractivity contribution in [3.63, 3.8) is 0 Å². The van der Waals surface area contributed by atoms with Gasteiger partial charge < -0.3 is 10.1 Å². The number of hydrogen-bond acceptors (Lipinski definition) is 5. The van der Waals surface area contributed by atoms with Gasteiger partial charge in [-0.05, 0) is 49.2 Å². The second kappa shape index (κ2) is 8.10. The smallest absolute Gasteiger partial charge is 0.226 e. The molecular formula is C20H21N3O2S. The number of aryl methyl sites for hydroxylation is 2. The molecule has 0 saturated carbocycles. The Bertz CT molecular complexity index is 876. The number of carbonyl (C=O) groups excluding carboxylic acids is 1. The average Bonchev–Trinajstić information content (AvgIpc) is 2.97. The Balaban J connectivity index is 1.83. The molecule has 0 aliphatic heterocycles. The fourth-order valence-corrected chi connectivity index (χ4v) is 3.74. The zero-order valence-electron chi connectivity index (χ0n) is 15.0. The molecule has 0 aliphatic carbocycles. The first-order valence-corrected chi connectivity index (χ1v) is 9.14. The van der Waals surface area contributed by atoms with Crippen LogP contribution in [0.1, 0.15) is 32.7 Å². The van der Waals surface area contributed by atoms with Gasteiger partial charge >= 0.3 is 0 Å². The van der Waals surface area contributed by atoms with E-state index in [-0.39, 0.29) is 11.9 Å². The van der Waals surface area contributed by atoms with E-state index in [0.717, 1.165) is 32.5 Å². The molecule has 3 aromatic rings. The van der Waals surface area contributed by atoms with Crippen LogP contribution in [0.4, 0.5) is 0 Å². The number of thiazole rings is 1. The second-order valence-corrected chi connectivity index (χ2v) is 7.26. The van der Waals surface area contributed by atoms with Gasteiger partial charge in [0, 0.05) is 17.3 Å². The molecule has 5 nitrogen and oxygen atoms in total. The molecule has 1 atom stereocenters. The Labute approximate surface area is 157 Å². The number of benzene rings is 1. The van der Waals surface area contributed by atoms with Gasteiger partial charge in [-0.1, -0.05) is 12.1 Å². The van der Waals surface area contributed by atoms with Crippen molar-refractivity contribution in [3.8, 4) is 5.75 Å². The van der Waals surface area contributed by atoms with E-state index in [1.807, 2.05) is 50.2 Å². The number of nitrogens with one attached hydrogen (secondary N) is 1. The zero-order valence-corrected chi connectivity index (χ0v) is 15.8. The molecule has 0 fully saturated rings. The number of carbonyl (C=O) groups is 1. The monoisotopic (exact) mass is 367 g/mol. The summed E-state index contributed by atoms with van der Waals surface area (Å²) in [5, 5.41) is 4.12. The third kappa shape index (κ3) is 4.26. The first-order chi connectivity index (χ1) is 12.6. The van der Waals surface area contributed by atoms with Crippen molar-refractivity contribution in [1.29, 1.82) is 0 Å². The van der Waals surface area contributed by atoms with Crippen LogP contribution in [-0.2, 0) is 11.2 Å². The first-order valence-electron chi connectivity index (χ1n) is 8.33. The van der Waals surface area contributed by atoms with Crippen LogP contribution in [0, 0.1) is 13.8 Å². The lowest BCUT2D eigenvalue weighted by atomic mass is 9.99. The maximum Gasteiger partial charge on any atom is 0.226 e. The summed E-state index contributed by atoms with van der Waals surface area (Å²) >= 11 is 1.57. The van der Waals surface area contributed by atoms with Crippen LogP contribution in [0.15, 0.2) is 48.8 Å². The Hall–Kier alpha value is -2.73. The van der Waals surface area contributed by atoms with E-state index in [0.29, 0.717) is 6.42 Å². The highest BCUT2D eigenvalue weighted by molar-refractivity contribution is 7.11. The molecule has 0 saturated heterocycles. The summed E-state index contributed by atoms with van der Waals surface area (Å²) < 4.78 is 5.23. The van der Waals surface area contributed by atoms with Gasteiger partial charge in [0.2, 0.25) is 5.91 Å². The lowest BCUT2D eigenvalue weighted by Gasteiger charge is -2.20. The quantitative estimate of drug-likeness (QED) is 0.723. The van der Waals surface area contributed by atoms with Crippen molar-refractivity contribution in [3.05, 3.63) is 75.5 Å². The standard InChI is InChI=1S/C20H21N3O2S/c1-13-18(26-14(2)22-13)12-19(24)23-20(16-8-10-21-11-9-16)15-4-6-17(25-3)7-5-15/h4-11,20H,12H2,1-3H3,(H,23,24). The molecule has 26 heavy (non-hydrogen) atoms. The van der Waals surface area contributed by atoms with E-state index in [2.05, 4.69) is 15.3 Å². The average molecular weight is 367 g/mol. The SMILES string of the molecule is COc1ccc(C(NC(=O)Cc2sc(C)nc2C)c2ccncc2)cc1. The van der Waals surface area contributed by atoms with E-state index < -0.39 is 0 Å².